The van der Waals surface area contributed by atoms with Crippen LogP contribution < -0.4 is 10.5 Å². The average Bonchev–Trinajstić information content (AvgIpc) is 2.44. The van der Waals surface area contributed by atoms with Crippen LogP contribution in [0.15, 0.2) is 42.5 Å². The molecule has 2 aromatic carbocycles. The molecule has 2 N–H and O–H groups in total. The van der Waals surface area contributed by atoms with E-state index >= 15 is 0 Å². The van der Waals surface area contributed by atoms with Crippen molar-refractivity contribution in [3.8, 4) is 11.5 Å². The zero-order valence-electron chi connectivity index (χ0n) is 11.9. The standard InChI is InChI=1S/C17H20ClNO/c1-3-15(19)11-13-10-14(18)6-9-17(13)20-16-7-4-12(2)5-8-16/h4-10,15H,3,11,19H2,1-2H3. The van der Waals surface area contributed by atoms with Crippen molar-refractivity contribution in [2.75, 3.05) is 0 Å². The molecule has 0 radical (unpaired) electrons. The normalized spacial score (nSPS) is 12.2. The van der Waals surface area contributed by atoms with Gasteiger partial charge in [0.1, 0.15) is 11.5 Å². The lowest BCUT2D eigenvalue weighted by atomic mass is 10.0. The first-order chi connectivity index (χ1) is 9.58. The predicted molar refractivity (Wildman–Crippen MR) is 84.7 cm³/mol. The third-order valence-electron chi connectivity index (χ3n) is 3.28. The van der Waals surface area contributed by atoms with Crippen molar-refractivity contribution in [2.45, 2.75) is 32.7 Å². The molecule has 1 atom stereocenters. The SMILES string of the molecule is CCC(N)Cc1cc(Cl)ccc1Oc1ccc(C)cc1. The van der Waals surface area contributed by atoms with Crippen LogP contribution in [0.5, 0.6) is 11.5 Å². The molecular formula is C17H20ClNO. The molecular weight excluding hydrogens is 270 g/mol. The first-order valence-electron chi connectivity index (χ1n) is 6.87. The minimum absolute atomic E-state index is 0.119. The van der Waals surface area contributed by atoms with Crippen molar-refractivity contribution in [1.29, 1.82) is 0 Å². The lowest BCUT2D eigenvalue weighted by Crippen LogP contribution is -2.21. The fourth-order valence-electron chi connectivity index (χ4n) is 1.97. The summed E-state index contributed by atoms with van der Waals surface area (Å²) >= 11 is 6.07. The van der Waals surface area contributed by atoms with Crippen molar-refractivity contribution >= 4 is 11.6 Å². The topological polar surface area (TPSA) is 35.2 Å². The van der Waals surface area contributed by atoms with E-state index < -0.39 is 0 Å². The summed E-state index contributed by atoms with van der Waals surface area (Å²) in [5.74, 6) is 1.64. The van der Waals surface area contributed by atoms with E-state index in [1.165, 1.54) is 5.56 Å². The summed E-state index contributed by atoms with van der Waals surface area (Å²) in [7, 11) is 0. The maximum absolute atomic E-state index is 6.07. The van der Waals surface area contributed by atoms with Gasteiger partial charge >= 0.3 is 0 Å². The molecule has 2 rings (SSSR count). The van der Waals surface area contributed by atoms with Crippen LogP contribution in [-0.2, 0) is 6.42 Å². The minimum Gasteiger partial charge on any atom is -0.457 e. The number of nitrogens with two attached hydrogens (primary N) is 1. The van der Waals surface area contributed by atoms with Gasteiger partial charge in [-0.25, -0.2) is 0 Å². The molecule has 0 aliphatic heterocycles. The molecule has 0 saturated heterocycles. The van der Waals surface area contributed by atoms with Gasteiger partial charge < -0.3 is 10.5 Å². The molecule has 0 bridgehead atoms. The Balaban J connectivity index is 2.23. The Kier molecular flexibility index (Phi) is 5.05. The fraction of sp³-hybridized carbons (Fsp3) is 0.294. The van der Waals surface area contributed by atoms with Crippen LogP contribution in [0.25, 0.3) is 0 Å². The highest BCUT2D eigenvalue weighted by molar-refractivity contribution is 6.30. The predicted octanol–water partition coefficient (Wildman–Crippen LogP) is 4.72. The van der Waals surface area contributed by atoms with Gasteiger partial charge in [0.25, 0.3) is 0 Å². The van der Waals surface area contributed by atoms with Gasteiger partial charge in [0.2, 0.25) is 0 Å². The molecule has 0 heterocycles. The van der Waals surface area contributed by atoms with E-state index in [-0.39, 0.29) is 6.04 Å². The third kappa shape index (κ3) is 3.99. The molecule has 106 valence electrons. The monoisotopic (exact) mass is 289 g/mol. The number of rotatable bonds is 5. The molecule has 0 aliphatic rings. The summed E-state index contributed by atoms with van der Waals surface area (Å²) in [6, 6.07) is 13.8. The van der Waals surface area contributed by atoms with Gasteiger partial charge in [-0.1, -0.05) is 36.2 Å². The second-order valence-electron chi connectivity index (χ2n) is 5.04. The Morgan fingerprint density at radius 1 is 1.15 bits per heavy atom. The summed E-state index contributed by atoms with van der Waals surface area (Å²) in [6.07, 6.45) is 1.69. The zero-order valence-corrected chi connectivity index (χ0v) is 12.7. The van der Waals surface area contributed by atoms with Crippen LogP contribution in [0.4, 0.5) is 0 Å². The average molecular weight is 290 g/mol. The highest BCUT2D eigenvalue weighted by atomic mass is 35.5. The maximum Gasteiger partial charge on any atom is 0.130 e. The van der Waals surface area contributed by atoms with Crippen LogP contribution in [0.3, 0.4) is 0 Å². The van der Waals surface area contributed by atoms with Gasteiger partial charge in [-0.15, -0.1) is 0 Å². The minimum atomic E-state index is 0.119. The van der Waals surface area contributed by atoms with Crippen molar-refractivity contribution in [2.24, 2.45) is 5.73 Å². The first-order valence-corrected chi connectivity index (χ1v) is 7.25. The number of hydrogen-bond acceptors (Lipinski definition) is 2. The van der Waals surface area contributed by atoms with Gasteiger partial charge in [0.05, 0.1) is 0 Å². The smallest absolute Gasteiger partial charge is 0.130 e. The molecule has 0 saturated carbocycles. The van der Waals surface area contributed by atoms with Gasteiger partial charge in [-0.05, 0) is 55.7 Å². The van der Waals surface area contributed by atoms with E-state index in [9.17, 15) is 0 Å². The van der Waals surface area contributed by atoms with Gasteiger partial charge in [-0.2, -0.15) is 0 Å². The molecule has 0 amide bonds. The second kappa shape index (κ2) is 6.78. The van der Waals surface area contributed by atoms with Crippen LogP contribution >= 0.6 is 11.6 Å². The van der Waals surface area contributed by atoms with Crippen molar-refractivity contribution in [3.05, 3.63) is 58.6 Å². The third-order valence-corrected chi connectivity index (χ3v) is 3.51. The quantitative estimate of drug-likeness (QED) is 0.864. The molecule has 3 heteroatoms. The number of ether oxygens (including phenoxy) is 1. The lowest BCUT2D eigenvalue weighted by molar-refractivity contribution is 0.472. The molecule has 0 spiro atoms. The number of hydrogen-bond donors (Lipinski definition) is 1. The highest BCUT2D eigenvalue weighted by Gasteiger charge is 2.09. The van der Waals surface area contributed by atoms with Crippen molar-refractivity contribution < 1.29 is 4.74 Å². The van der Waals surface area contributed by atoms with Crippen LogP contribution in [0.2, 0.25) is 5.02 Å². The second-order valence-corrected chi connectivity index (χ2v) is 5.48. The van der Waals surface area contributed by atoms with E-state index in [0.29, 0.717) is 5.02 Å². The first kappa shape index (κ1) is 14.9. The van der Waals surface area contributed by atoms with Crippen molar-refractivity contribution in [1.82, 2.24) is 0 Å². The Hall–Kier alpha value is -1.51. The molecule has 20 heavy (non-hydrogen) atoms. The molecule has 0 fully saturated rings. The van der Waals surface area contributed by atoms with E-state index in [1.807, 2.05) is 42.5 Å². The van der Waals surface area contributed by atoms with Gasteiger partial charge in [0, 0.05) is 11.1 Å². The summed E-state index contributed by atoms with van der Waals surface area (Å²) in [5.41, 5.74) is 8.30. The number of halogens is 1. The van der Waals surface area contributed by atoms with Gasteiger partial charge in [-0.3, -0.25) is 0 Å². The van der Waals surface area contributed by atoms with E-state index in [2.05, 4.69) is 13.8 Å². The number of aryl methyl sites for hydroxylation is 1. The summed E-state index contributed by atoms with van der Waals surface area (Å²) in [6.45, 7) is 4.13. The van der Waals surface area contributed by atoms with Crippen LogP contribution in [-0.4, -0.2) is 6.04 Å². The maximum atomic E-state index is 6.07. The molecule has 1 unspecified atom stereocenters. The molecule has 0 aliphatic carbocycles. The Labute approximate surface area is 125 Å². The zero-order chi connectivity index (χ0) is 14.5. The summed E-state index contributed by atoms with van der Waals surface area (Å²) < 4.78 is 5.95. The molecule has 2 aromatic rings. The Morgan fingerprint density at radius 3 is 2.50 bits per heavy atom. The van der Waals surface area contributed by atoms with Crippen molar-refractivity contribution in [3.63, 3.8) is 0 Å². The van der Waals surface area contributed by atoms with E-state index in [0.717, 1.165) is 29.9 Å². The van der Waals surface area contributed by atoms with Gasteiger partial charge in [0.15, 0.2) is 0 Å². The van der Waals surface area contributed by atoms with Crippen LogP contribution in [0, 0.1) is 6.92 Å². The van der Waals surface area contributed by atoms with E-state index in [4.69, 9.17) is 22.1 Å². The van der Waals surface area contributed by atoms with Crippen LogP contribution in [0.1, 0.15) is 24.5 Å². The summed E-state index contributed by atoms with van der Waals surface area (Å²) in [5, 5.41) is 0.708. The van der Waals surface area contributed by atoms with E-state index in [1.54, 1.807) is 0 Å². The largest absolute Gasteiger partial charge is 0.457 e. The Bertz CT molecular complexity index is 566. The summed E-state index contributed by atoms with van der Waals surface area (Å²) in [4.78, 5) is 0. The highest BCUT2D eigenvalue weighted by Crippen LogP contribution is 2.29. The lowest BCUT2D eigenvalue weighted by Gasteiger charge is -2.14. The fourth-order valence-corrected chi connectivity index (χ4v) is 2.16. The Morgan fingerprint density at radius 2 is 1.85 bits per heavy atom. The number of benzene rings is 2. The molecule has 2 nitrogen and oxygen atoms in total. The molecule has 0 aromatic heterocycles.